The first kappa shape index (κ1) is 14.2. The largest absolute Gasteiger partial charge is 0.481 e. The van der Waals surface area contributed by atoms with Gasteiger partial charge < -0.3 is 9.67 Å². The van der Waals surface area contributed by atoms with E-state index in [1.165, 1.54) is 0 Å². The Balaban J connectivity index is 2.12. The molecule has 0 radical (unpaired) electrons. The predicted molar refractivity (Wildman–Crippen MR) is 81.2 cm³/mol. The summed E-state index contributed by atoms with van der Waals surface area (Å²) in [5.41, 5.74) is 2.70. The van der Waals surface area contributed by atoms with Gasteiger partial charge in [-0.15, -0.1) is 11.8 Å². The van der Waals surface area contributed by atoms with Crippen molar-refractivity contribution in [3.8, 4) is 0 Å². The summed E-state index contributed by atoms with van der Waals surface area (Å²) in [6.45, 7) is 0. The molecule has 0 saturated carbocycles. The maximum absolute atomic E-state index is 12.7. The average Bonchev–Trinajstić information content (AvgIpc) is 2.64. The Hall–Kier alpha value is -1.72. The molecule has 0 atom stereocenters. The summed E-state index contributed by atoms with van der Waals surface area (Å²) in [6.07, 6.45) is -0.0884. The fourth-order valence-electron chi connectivity index (χ4n) is 2.54. The van der Waals surface area contributed by atoms with Crippen LogP contribution in [-0.2, 0) is 24.0 Å². The van der Waals surface area contributed by atoms with E-state index in [9.17, 15) is 9.59 Å². The monoisotopic (exact) mass is 321 g/mol. The van der Waals surface area contributed by atoms with Crippen molar-refractivity contribution in [2.45, 2.75) is 17.1 Å². The van der Waals surface area contributed by atoms with Crippen LogP contribution in [0.5, 0.6) is 0 Å². The molecule has 1 N–H and O–H groups in total. The molecule has 6 heteroatoms. The highest BCUT2D eigenvalue weighted by Crippen LogP contribution is 2.36. The van der Waals surface area contributed by atoms with E-state index in [0.717, 1.165) is 10.5 Å². The molecule has 0 saturated heterocycles. The number of carboxylic acid groups (broad SMARTS) is 1. The van der Waals surface area contributed by atoms with Crippen LogP contribution in [0.3, 0.4) is 0 Å². The van der Waals surface area contributed by atoms with Crippen LogP contribution in [0.2, 0.25) is 5.02 Å². The Morgan fingerprint density at radius 3 is 2.90 bits per heavy atom. The zero-order valence-corrected chi connectivity index (χ0v) is 12.8. The van der Waals surface area contributed by atoms with Gasteiger partial charge in [-0.25, -0.2) is 0 Å². The fraction of sp³-hybridized carbons (Fsp3) is 0.200. The molecular formula is C15H12ClNO3S. The van der Waals surface area contributed by atoms with Crippen molar-refractivity contribution >= 4 is 35.1 Å². The summed E-state index contributed by atoms with van der Waals surface area (Å²) >= 11 is 7.53. The highest BCUT2D eigenvalue weighted by Gasteiger charge is 2.26. The number of hydrogen-bond donors (Lipinski definition) is 1. The third-order valence-corrected chi connectivity index (χ3v) is 4.87. The average molecular weight is 322 g/mol. The van der Waals surface area contributed by atoms with Crippen molar-refractivity contribution in [1.29, 1.82) is 0 Å². The number of benzene rings is 1. The molecular weight excluding hydrogens is 310 g/mol. The lowest BCUT2D eigenvalue weighted by atomic mass is 10.1. The zero-order valence-electron chi connectivity index (χ0n) is 11.2. The molecule has 1 aliphatic rings. The van der Waals surface area contributed by atoms with Gasteiger partial charge in [0.1, 0.15) is 0 Å². The van der Waals surface area contributed by atoms with Gasteiger partial charge in [-0.2, -0.15) is 0 Å². The Kier molecular flexibility index (Phi) is 3.55. The molecule has 3 rings (SSSR count). The smallest absolute Gasteiger partial charge is 0.309 e. The summed E-state index contributed by atoms with van der Waals surface area (Å²) in [6, 6.07) is 7.03. The molecule has 1 aromatic heterocycles. The zero-order chi connectivity index (χ0) is 15.1. The van der Waals surface area contributed by atoms with Gasteiger partial charge in [0.2, 0.25) is 5.78 Å². The second-order valence-electron chi connectivity index (χ2n) is 4.90. The van der Waals surface area contributed by atoms with Crippen LogP contribution < -0.4 is 0 Å². The minimum absolute atomic E-state index is 0.0826. The first-order valence-corrected chi connectivity index (χ1v) is 7.70. The van der Waals surface area contributed by atoms with Crippen molar-refractivity contribution in [1.82, 2.24) is 4.57 Å². The molecule has 0 spiro atoms. The SMILES string of the molecule is Cn1c(CC(=O)O)cc2c1C(=O)c1ccc(Cl)cc1SC2. The first-order valence-electron chi connectivity index (χ1n) is 6.33. The molecule has 108 valence electrons. The number of carbonyl (C=O) groups excluding carboxylic acids is 1. The van der Waals surface area contributed by atoms with E-state index in [-0.39, 0.29) is 12.2 Å². The second-order valence-corrected chi connectivity index (χ2v) is 6.35. The summed E-state index contributed by atoms with van der Waals surface area (Å²) in [5.74, 6) is -0.360. The third-order valence-electron chi connectivity index (χ3n) is 3.53. The number of aromatic nitrogens is 1. The topological polar surface area (TPSA) is 59.3 Å². The van der Waals surface area contributed by atoms with Crippen molar-refractivity contribution in [3.05, 3.63) is 51.8 Å². The molecule has 1 aliphatic heterocycles. The van der Waals surface area contributed by atoms with E-state index in [4.69, 9.17) is 16.7 Å². The summed E-state index contributed by atoms with van der Waals surface area (Å²) in [5, 5.41) is 9.55. The van der Waals surface area contributed by atoms with Crippen LogP contribution in [0, 0.1) is 0 Å². The molecule has 0 fully saturated rings. The molecule has 0 bridgehead atoms. The maximum Gasteiger partial charge on any atom is 0.309 e. The molecule has 21 heavy (non-hydrogen) atoms. The van der Waals surface area contributed by atoms with Crippen LogP contribution in [-0.4, -0.2) is 21.4 Å². The molecule has 0 aliphatic carbocycles. The number of thioether (sulfide) groups is 1. The normalized spacial score (nSPS) is 13.5. The quantitative estimate of drug-likeness (QED) is 0.923. The van der Waals surface area contributed by atoms with Crippen LogP contribution in [0.25, 0.3) is 0 Å². The first-order chi connectivity index (χ1) is 9.97. The lowest BCUT2D eigenvalue weighted by molar-refractivity contribution is -0.136. The predicted octanol–water partition coefficient (Wildman–Crippen LogP) is 3.14. The highest BCUT2D eigenvalue weighted by atomic mass is 35.5. The van der Waals surface area contributed by atoms with Crippen LogP contribution >= 0.6 is 23.4 Å². The number of nitrogens with zero attached hydrogens (tertiary/aromatic N) is 1. The van der Waals surface area contributed by atoms with Crippen LogP contribution in [0.1, 0.15) is 27.3 Å². The molecule has 2 aromatic rings. The Bertz CT molecular complexity index is 767. The van der Waals surface area contributed by atoms with Crippen LogP contribution in [0.15, 0.2) is 29.2 Å². The Morgan fingerprint density at radius 1 is 1.43 bits per heavy atom. The van der Waals surface area contributed by atoms with E-state index in [1.807, 2.05) is 6.07 Å². The summed E-state index contributed by atoms with van der Waals surface area (Å²) < 4.78 is 1.69. The van der Waals surface area contributed by atoms with E-state index < -0.39 is 5.97 Å². The van der Waals surface area contributed by atoms with Gasteiger partial charge >= 0.3 is 5.97 Å². The van der Waals surface area contributed by atoms with E-state index in [2.05, 4.69) is 0 Å². The van der Waals surface area contributed by atoms with Gasteiger partial charge in [-0.3, -0.25) is 9.59 Å². The summed E-state index contributed by atoms with van der Waals surface area (Å²) in [7, 11) is 1.74. The van der Waals surface area contributed by atoms with E-state index in [0.29, 0.717) is 27.7 Å². The van der Waals surface area contributed by atoms with Crippen LogP contribution in [0.4, 0.5) is 0 Å². The second kappa shape index (κ2) is 5.24. The minimum atomic E-state index is -0.905. The van der Waals surface area contributed by atoms with Gasteiger partial charge in [-0.1, -0.05) is 11.6 Å². The minimum Gasteiger partial charge on any atom is -0.481 e. The van der Waals surface area contributed by atoms with E-state index >= 15 is 0 Å². The number of halogens is 1. The number of ketones is 1. The van der Waals surface area contributed by atoms with Gasteiger partial charge in [0.05, 0.1) is 12.1 Å². The molecule has 1 aromatic carbocycles. The number of hydrogen-bond acceptors (Lipinski definition) is 3. The van der Waals surface area contributed by atoms with Crippen molar-refractivity contribution in [2.24, 2.45) is 7.05 Å². The van der Waals surface area contributed by atoms with Gasteiger partial charge in [-0.05, 0) is 29.8 Å². The fourth-order valence-corrected chi connectivity index (χ4v) is 3.84. The molecule has 0 amide bonds. The maximum atomic E-state index is 12.7. The lowest BCUT2D eigenvalue weighted by Gasteiger charge is -2.07. The number of fused-ring (bicyclic) bond motifs is 2. The number of aliphatic carboxylic acids is 1. The van der Waals surface area contributed by atoms with Crippen molar-refractivity contribution in [2.75, 3.05) is 0 Å². The van der Waals surface area contributed by atoms with Gasteiger partial charge in [0, 0.05) is 34.0 Å². The Labute approximate surface area is 130 Å². The number of carbonyl (C=O) groups is 2. The number of carboxylic acids is 1. The number of rotatable bonds is 2. The van der Waals surface area contributed by atoms with Crippen molar-refractivity contribution < 1.29 is 14.7 Å². The Morgan fingerprint density at radius 2 is 2.19 bits per heavy atom. The van der Waals surface area contributed by atoms with Gasteiger partial charge in [0.25, 0.3) is 0 Å². The molecule has 2 heterocycles. The lowest BCUT2D eigenvalue weighted by Crippen LogP contribution is -2.12. The van der Waals surface area contributed by atoms with E-state index in [1.54, 1.807) is 41.6 Å². The third kappa shape index (κ3) is 2.47. The van der Waals surface area contributed by atoms with Crippen molar-refractivity contribution in [3.63, 3.8) is 0 Å². The van der Waals surface area contributed by atoms with Gasteiger partial charge in [0.15, 0.2) is 0 Å². The molecule has 0 unspecified atom stereocenters. The standard InChI is InChI=1S/C15H12ClNO3S/c1-17-10(6-13(18)19)4-8-7-21-12-5-9(16)2-3-11(12)15(20)14(8)17/h2-5H,6-7H2,1H3,(H,18,19). The highest BCUT2D eigenvalue weighted by molar-refractivity contribution is 7.98. The molecule has 4 nitrogen and oxygen atoms in total. The summed E-state index contributed by atoms with van der Waals surface area (Å²) in [4.78, 5) is 24.5.